The number of nitrogens with one attached hydrogen (secondary N) is 2. The molecule has 0 spiro atoms. The van der Waals surface area contributed by atoms with Gasteiger partial charge in [0.15, 0.2) is 0 Å². The van der Waals surface area contributed by atoms with E-state index in [1.807, 2.05) is 6.07 Å². The predicted molar refractivity (Wildman–Crippen MR) is 73.3 cm³/mol. The molecular weight excluding hydrogens is 242 g/mol. The number of ether oxygens (including phenoxy) is 1. The first-order valence-corrected chi connectivity index (χ1v) is 6.81. The average molecular weight is 261 g/mol. The molecule has 5 heteroatoms. The Balaban J connectivity index is 1.56. The van der Waals surface area contributed by atoms with E-state index in [1.54, 1.807) is 12.1 Å². The second-order valence-electron chi connectivity index (χ2n) is 4.96. The van der Waals surface area contributed by atoms with E-state index >= 15 is 0 Å². The predicted octanol–water partition coefficient (Wildman–Crippen LogP) is 1.58. The number of hydrogen-bond acceptors (Lipinski definition) is 4. The van der Waals surface area contributed by atoms with Crippen molar-refractivity contribution in [1.82, 2.24) is 15.3 Å². The number of fused-ring (bicyclic) bond motifs is 1. The van der Waals surface area contributed by atoms with E-state index in [-0.39, 0.29) is 5.75 Å². The summed E-state index contributed by atoms with van der Waals surface area (Å²) < 4.78 is 5.86. The summed E-state index contributed by atoms with van der Waals surface area (Å²) in [6, 6.07) is 5.16. The zero-order chi connectivity index (χ0) is 13.1. The van der Waals surface area contributed by atoms with Gasteiger partial charge in [-0.05, 0) is 38.1 Å². The summed E-state index contributed by atoms with van der Waals surface area (Å²) in [6.07, 6.45) is 3.34. The van der Waals surface area contributed by atoms with Gasteiger partial charge < -0.3 is 20.1 Å². The van der Waals surface area contributed by atoms with Gasteiger partial charge in [-0.3, -0.25) is 0 Å². The van der Waals surface area contributed by atoms with Gasteiger partial charge in [0, 0.05) is 12.5 Å². The Morgan fingerprint density at radius 2 is 2.16 bits per heavy atom. The Kier molecular flexibility index (Phi) is 3.66. The zero-order valence-corrected chi connectivity index (χ0v) is 10.9. The number of aromatic hydroxyl groups is 1. The van der Waals surface area contributed by atoms with Crippen molar-refractivity contribution in [3.63, 3.8) is 0 Å². The molecule has 102 valence electrons. The van der Waals surface area contributed by atoms with Crippen molar-refractivity contribution in [3.05, 3.63) is 24.0 Å². The molecule has 0 aliphatic carbocycles. The normalized spacial score (nSPS) is 17.1. The highest BCUT2D eigenvalue weighted by atomic mass is 16.5. The van der Waals surface area contributed by atoms with Crippen LogP contribution >= 0.6 is 0 Å². The minimum absolute atomic E-state index is 0.258. The van der Waals surface area contributed by atoms with E-state index in [0.717, 1.165) is 49.2 Å². The van der Waals surface area contributed by atoms with Gasteiger partial charge in [-0.1, -0.05) is 0 Å². The number of phenols is 1. The number of imidazole rings is 1. The molecule has 3 rings (SSSR count). The van der Waals surface area contributed by atoms with Gasteiger partial charge in [-0.15, -0.1) is 0 Å². The number of nitrogens with zero attached hydrogens (tertiary/aromatic N) is 1. The smallest absolute Gasteiger partial charge is 0.117 e. The van der Waals surface area contributed by atoms with E-state index in [4.69, 9.17) is 4.74 Å². The molecule has 5 nitrogen and oxygen atoms in total. The summed E-state index contributed by atoms with van der Waals surface area (Å²) in [5.74, 6) is 1.17. The lowest BCUT2D eigenvalue weighted by molar-refractivity contribution is 0.0343. The monoisotopic (exact) mass is 261 g/mol. The third kappa shape index (κ3) is 3.05. The van der Waals surface area contributed by atoms with Gasteiger partial charge >= 0.3 is 0 Å². The lowest BCUT2D eigenvalue weighted by Gasteiger charge is -2.22. The highest BCUT2D eigenvalue weighted by Gasteiger charge is 2.13. The van der Waals surface area contributed by atoms with Crippen LogP contribution in [0.4, 0.5) is 0 Å². The third-order valence-corrected chi connectivity index (χ3v) is 3.49. The molecule has 0 unspecified atom stereocenters. The van der Waals surface area contributed by atoms with E-state index in [0.29, 0.717) is 12.7 Å². The van der Waals surface area contributed by atoms with Gasteiger partial charge in [0.2, 0.25) is 0 Å². The highest BCUT2D eigenvalue weighted by molar-refractivity contribution is 5.76. The minimum Gasteiger partial charge on any atom is -0.508 e. The summed E-state index contributed by atoms with van der Waals surface area (Å²) in [6.45, 7) is 2.79. The third-order valence-electron chi connectivity index (χ3n) is 3.49. The molecular formula is C14H19N3O2. The van der Waals surface area contributed by atoms with Crippen molar-refractivity contribution >= 4 is 11.0 Å². The topological polar surface area (TPSA) is 70.2 Å². The van der Waals surface area contributed by atoms with Crippen LogP contribution in [0, 0.1) is 0 Å². The maximum Gasteiger partial charge on any atom is 0.117 e. The van der Waals surface area contributed by atoms with Crippen LogP contribution in [-0.4, -0.2) is 40.9 Å². The van der Waals surface area contributed by atoms with Gasteiger partial charge in [-0.25, -0.2) is 4.98 Å². The van der Waals surface area contributed by atoms with Crippen LogP contribution in [0.5, 0.6) is 5.75 Å². The number of phenolic OH excluding ortho intramolecular Hbond substituents is 1. The summed E-state index contributed by atoms with van der Waals surface area (Å²) in [5.41, 5.74) is 1.76. The van der Waals surface area contributed by atoms with Crippen molar-refractivity contribution in [2.45, 2.75) is 25.4 Å². The van der Waals surface area contributed by atoms with Crippen LogP contribution in [-0.2, 0) is 11.2 Å². The van der Waals surface area contributed by atoms with Crippen molar-refractivity contribution < 1.29 is 9.84 Å². The quantitative estimate of drug-likeness (QED) is 0.781. The Morgan fingerprint density at radius 3 is 3.00 bits per heavy atom. The summed E-state index contributed by atoms with van der Waals surface area (Å²) in [7, 11) is 0. The molecule has 0 bridgehead atoms. The summed E-state index contributed by atoms with van der Waals surface area (Å²) in [5, 5.41) is 12.7. The fourth-order valence-electron chi connectivity index (χ4n) is 2.45. The van der Waals surface area contributed by atoms with Crippen molar-refractivity contribution in [3.8, 4) is 5.75 Å². The summed E-state index contributed by atoms with van der Waals surface area (Å²) in [4.78, 5) is 7.69. The molecule has 1 aromatic carbocycles. The Bertz CT molecular complexity index is 547. The van der Waals surface area contributed by atoms with E-state index in [1.165, 1.54) is 0 Å². The zero-order valence-electron chi connectivity index (χ0n) is 10.9. The van der Waals surface area contributed by atoms with Crippen LogP contribution in [0.25, 0.3) is 11.0 Å². The number of rotatable bonds is 4. The summed E-state index contributed by atoms with van der Waals surface area (Å²) >= 11 is 0. The minimum atomic E-state index is 0.258. The fraction of sp³-hybridized carbons (Fsp3) is 0.500. The van der Waals surface area contributed by atoms with Crippen LogP contribution in [0.15, 0.2) is 18.2 Å². The molecule has 1 aromatic heterocycles. The first-order chi connectivity index (χ1) is 9.31. The number of benzene rings is 1. The maximum absolute atomic E-state index is 9.41. The molecule has 2 heterocycles. The maximum atomic E-state index is 9.41. The number of aromatic nitrogens is 2. The first-order valence-electron chi connectivity index (χ1n) is 6.81. The lowest BCUT2D eigenvalue weighted by atomic mass is 10.1. The molecule has 1 aliphatic rings. The van der Waals surface area contributed by atoms with E-state index in [9.17, 15) is 5.11 Å². The highest BCUT2D eigenvalue weighted by Crippen LogP contribution is 2.18. The largest absolute Gasteiger partial charge is 0.508 e. The SMILES string of the molecule is Oc1ccc2nc(CCOC3CCNCC3)[nH]c2c1. The number of H-pyrrole nitrogens is 1. The Morgan fingerprint density at radius 1 is 1.32 bits per heavy atom. The van der Waals surface area contributed by atoms with Crippen LogP contribution in [0.1, 0.15) is 18.7 Å². The Labute approximate surface area is 112 Å². The number of hydrogen-bond donors (Lipinski definition) is 3. The first kappa shape index (κ1) is 12.4. The molecule has 1 fully saturated rings. The lowest BCUT2D eigenvalue weighted by Crippen LogP contribution is -2.32. The second kappa shape index (κ2) is 5.59. The van der Waals surface area contributed by atoms with E-state index in [2.05, 4.69) is 15.3 Å². The average Bonchev–Trinajstić information content (AvgIpc) is 2.82. The van der Waals surface area contributed by atoms with Crippen LogP contribution < -0.4 is 5.32 Å². The standard InChI is InChI=1S/C14H19N3O2/c18-10-1-2-12-13(9-10)17-14(16-12)5-8-19-11-3-6-15-7-4-11/h1-2,9,11,15,18H,3-8H2,(H,16,17). The van der Waals surface area contributed by atoms with Gasteiger partial charge in [0.05, 0.1) is 23.7 Å². The number of piperidine rings is 1. The van der Waals surface area contributed by atoms with Crippen molar-refractivity contribution in [2.24, 2.45) is 0 Å². The molecule has 0 saturated carbocycles. The van der Waals surface area contributed by atoms with Crippen LogP contribution in [0.2, 0.25) is 0 Å². The van der Waals surface area contributed by atoms with Gasteiger partial charge in [0.25, 0.3) is 0 Å². The molecule has 3 N–H and O–H groups in total. The molecule has 1 saturated heterocycles. The van der Waals surface area contributed by atoms with Gasteiger partial charge in [0.1, 0.15) is 11.6 Å². The number of aromatic amines is 1. The molecule has 0 atom stereocenters. The fourth-order valence-corrected chi connectivity index (χ4v) is 2.45. The van der Waals surface area contributed by atoms with Crippen molar-refractivity contribution in [2.75, 3.05) is 19.7 Å². The molecule has 0 amide bonds. The van der Waals surface area contributed by atoms with Gasteiger partial charge in [-0.2, -0.15) is 0 Å². The molecule has 0 radical (unpaired) electrons. The molecule has 19 heavy (non-hydrogen) atoms. The van der Waals surface area contributed by atoms with E-state index < -0.39 is 0 Å². The Hall–Kier alpha value is -1.59. The van der Waals surface area contributed by atoms with Crippen LogP contribution in [0.3, 0.4) is 0 Å². The van der Waals surface area contributed by atoms with Crippen molar-refractivity contribution in [1.29, 1.82) is 0 Å². The molecule has 2 aromatic rings. The second-order valence-corrected chi connectivity index (χ2v) is 4.96. The molecule has 1 aliphatic heterocycles.